The molecule has 1 aliphatic rings. The van der Waals surface area contributed by atoms with Crippen LogP contribution in [0.3, 0.4) is 0 Å². The quantitative estimate of drug-likeness (QED) is 0.754. The maximum Gasteiger partial charge on any atom is 0.317 e. The molecular formula is C16H12Cl2O2. The molecule has 0 bridgehead atoms. The molecule has 2 aromatic rings. The number of rotatable bonds is 2. The van der Waals surface area contributed by atoms with Crippen molar-refractivity contribution in [2.75, 3.05) is 6.61 Å². The molecule has 4 heteroatoms. The standard InChI is InChI=1S/C16H12Cl2O2/c1-2-20-16(19)15-11-5-3-9(17)7-13(11)14-8-10(18)4-6-12(14)15/h3-8,15H,2H2,1H3. The average molecular weight is 307 g/mol. The van der Waals surface area contributed by atoms with Crippen molar-refractivity contribution in [2.45, 2.75) is 12.8 Å². The van der Waals surface area contributed by atoms with Gasteiger partial charge in [0, 0.05) is 10.0 Å². The molecule has 0 saturated carbocycles. The molecule has 0 fully saturated rings. The average Bonchev–Trinajstić information content (AvgIpc) is 2.72. The first-order chi connectivity index (χ1) is 9.61. The van der Waals surface area contributed by atoms with E-state index >= 15 is 0 Å². The summed E-state index contributed by atoms with van der Waals surface area (Å²) in [4.78, 5) is 12.3. The summed E-state index contributed by atoms with van der Waals surface area (Å²) in [7, 11) is 0. The largest absolute Gasteiger partial charge is 0.465 e. The van der Waals surface area contributed by atoms with Crippen LogP contribution in [0.1, 0.15) is 24.0 Å². The molecule has 102 valence electrons. The summed E-state index contributed by atoms with van der Waals surface area (Å²) >= 11 is 12.1. The molecule has 0 aliphatic heterocycles. The molecular weight excluding hydrogens is 295 g/mol. The number of carbonyl (C=O) groups excluding carboxylic acids is 1. The predicted molar refractivity (Wildman–Crippen MR) is 80.4 cm³/mol. The van der Waals surface area contributed by atoms with E-state index in [9.17, 15) is 4.79 Å². The molecule has 3 rings (SSSR count). The Bertz CT molecular complexity index is 643. The summed E-state index contributed by atoms with van der Waals surface area (Å²) in [5.74, 6) is -0.633. The molecule has 2 aromatic carbocycles. The Morgan fingerprint density at radius 2 is 1.55 bits per heavy atom. The molecule has 0 amide bonds. The van der Waals surface area contributed by atoms with Gasteiger partial charge in [0.15, 0.2) is 0 Å². The number of fused-ring (bicyclic) bond motifs is 3. The van der Waals surface area contributed by atoms with Crippen molar-refractivity contribution in [3.05, 3.63) is 57.6 Å². The van der Waals surface area contributed by atoms with Gasteiger partial charge in [-0.1, -0.05) is 35.3 Å². The molecule has 1 aliphatic carbocycles. The van der Waals surface area contributed by atoms with Crippen LogP contribution < -0.4 is 0 Å². The third kappa shape index (κ3) is 2.09. The highest BCUT2D eigenvalue weighted by Gasteiger charge is 2.35. The molecule has 2 nitrogen and oxygen atoms in total. The van der Waals surface area contributed by atoms with Crippen LogP contribution in [0.2, 0.25) is 10.0 Å². The second-order valence-electron chi connectivity index (χ2n) is 4.65. The van der Waals surface area contributed by atoms with Gasteiger partial charge in [-0.25, -0.2) is 0 Å². The minimum atomic E-state index is -0.394. The Hall–Kier alpha value is -1.51. The normalized spacial score (nSPS) is 12.9. The molecule has 0 atom stereocenters. The van der Waals surface area contributed by atoms with Gasteiger partial charge in [-0.3, -0.25) is 4.79 Å². The van der Waals surface area contributed by atoms with Crippen molar-refractivity contribution in [1.82, 2.24) is 0 Å². The predicted octanol–water partition coefficient (Wildman–Crippen LogP) is 4.67. The Balaban J connectivity index is 2.21. The molecule has 0 unspecified atom stereocenters. The van der Waals surface area contributed by atoms with Crippen LogP contribution in [0.4, 0.5) is 0 Å². The van der Waals surface area contributed by atoms with Gasteiger partial charge in [0.25, 0.3) is 0 Å². The van der Waals surface area contributed by atoms with Gasteiger partial charge in [0.2, 0.25) is 0 Å². The number of ether oxygens (including phenoxy) is 1. The van der Waals surface area contributed by atoms with E-state index in [1.165, 1.54) is 0 Å². The third-order valence-electron chi connectivity index (χ3n) is 3.47. The first-order valence-electron chi connectivity index (χ1n) is 6.37. The van der Waals surface area contributed by atoms with Crippen molar-refractivity contribution >= 4 is 29.2 Å². The summed E-state index contributed by atoms with van der Waals surface area (Å²) in [5.41, 5.74) is 3.75. The molecule has 0 heterocycles. The van der Waals surface area contributed by atoms with E-state index in [1.807, 2.05) is 24.3 Å². The van der Waals surface area contributed by atoms with Crippen LogP contribution in [0.5, 0.6) is 0 Å². The van der Waals surface area contributed by atoms with E-state index < -0.39 is 5.92 Å². The van der Waals surface area contributed by atoms with Crippen molar-refractivity contribution in [3.63, 3.8) is 0 Å². The van der Waals surface area contributed by atoms with E-state index in [2.05, 4.69) is 0 Å². The zero-order chi connectivity index (χ0) is 14.3. The molecule has 0 aromatic heterocycles. The van der Waals surface area contributed by atoms with E-state index in [0.717, 1.165) is 22.3 Å². The molecule has 0 spiro atoms. The van der Waals surface area contributed by atoms with Crippen LogP contribution in [0, 0.1) is 0 Å². The zero-order valence-electron chi connectivity index (χ0n) is 10.8. The van der Waals surface area contributed by atoms with Gasteiger partial charge in [-0.05, 0) is 53.4 Å². The van der Waals surface area contributed by atoms with Crippen LogP contribution in [0.15, 0.2) is 36.4 Å². The van der Waals surface area contributed by atoms with Crippen molar-refractivity contribution in [1.29, 1.82) is 0 Å². The third-order valence-corrected chi connectivity index (χ3v) is 3.94. The highest BCUT2D eigenvalue weighted by atomic mass is 35.5. The van der Waals surface area contributed by atoms with Crippen molar-refractivity contribution < 1.29 is 9.53 Å². The minimum absolute atomic E-state index is 0.239. The van der Waals surface area contributed by atoms with E-state index in [-0.39, 0.29) is 5.97 Å². The number of hydrogen-bond donors (Lipinski definition) is 0. The van der Waals surface area contributed by atoms with Crippen LogP contribution in [-0.2, 0) is 9.53 Å². The number of benzene rings is 2. The van der Waals surface area contributed by atoms with E-state index in [4.69, 9.17) is 27.9 Å². The van der Waals surface area contributed by atoms with Crippen LogP contribution in [-0.4, -0.2) is 12.6 Å². The Labute approximate surface area is 127 Å². The smallest absolute Gasteiger partial charge is 0.317 e. The molecule has 0 N–H and O–H groups in total. The zero-order valence-corrected chi connectivity index (χ0v) is 12.3. The summed E-state index contributed by atoms with van der Waals surface area (Å²) in [6.45, 7) is 2.17. The lowest BCUT2D eigenvalue weighted by Crippen LogP contribution is -2.15. The summed E-state index contributed by atoms with van der Waals surface area (Å²) in [6.07, 6.45) is 0. The fourth-order valence-corrected chi connectivity index (χ4v) is 3.02. The minimum Gasteiger partial charge on any atom is -0.465 e. The maximum atomic E-state index is 12.3. The van der Waals surface area contributed by atoms with Crippen LogP contribution in [0.25, 0.3) is 11.1 Å². The summed E-state index contributed by atoms with van der Waals surface area (Å²) in [5, 5.41) is 1.28. The lowest BCUT2D eigenvalue weighted by molar-refractivity contribution is -0.143. The summed E-state index contributed by atoms with van der Waals surface area (Å²) < 4.78 is 5.20. The lowest BCUT2D eigenvalue weighted by atomic mass is 9.97. The van der Waals surface area contributed by atoms with Crippen LogP contribution >= 0.6 is 23.2 Å². The van der Waals surface area contributed by atoms with Gasteiger partial charge in [0.05, 0.1) is 6.61 Å². The number of carbonyl (C=O) groups is 1. The van der Waals surface area contributed by atoms with E-state index in [1.54, 1.807) is 19.1 Å². The van der Waals surface area contributed by atoms with Crippen molar-refractivity contribution in [3.8, 4) is 11.1 Å². The second-order valence-corrected chi connectivity index (χ2v) is 5.52. The van der Waals surface area contributed by atoms with Gasteiger partial charge in [-0.15, -0.1) is 0 Å². The summed E-state index contributed by atoms with van der Waals surface area (Å²) in [6, 6.07) is 11.1. The second kappa shape index (κ2) is 5.12. The highest BCUT2D eigenvalue weighted by molar-refractivity contribution is 6.31. The Kier molecular flexibility index (Phi) is 3.45. The van der Waals surface area contributed by atoms with E-state index in [0.29, 0.717) is 16.7 Å². The van der Waals surface area contributed by atoms with Gasteiger partial charge >= 0.3 is 5.97 Å². The van der Waals surface area contributed by atoms with Crippen molar-refractivity contribution in [2.24, 2.45) is 0 Å². The molecule has 0 radical (unpaired) electrons. The first-order valence-corrected chi connectivity index (χ1v) is 7.13. The van der Waals surface area contributed by atoms with Gasteiger partial charge in [0.1, 0.15) is 5.92 Å². The topological polar surface area (TPSA) is 26.3 Å². The number of esters is 1. The number of hydrogen-bond acceptors (Lipinski definition) is 2. The fourth-order valence-electron chi connectivity index (χ4n) is 2.67. The Morgan fingerprint density at radius 3 is 2.00 bits per heavy atom. The fraction of sp³-hybridized carbons (Fsp3) is 0.188. The molecule has 20 heavy (non-hydrogen) atoms. The Morgan fingerprint density at radius 1 is 1.05 bits per heavy atom. The number of halogens is 2. The molecule has 0 saturated heterocycles. The first kappa shape index (κ1) is 13.5. The maximum absolute atomic E-state index is 12.3. The lowest BCUT2D eigenvalue weighted by Gasteiger charge is -2.12. The highest BCUT2D eigenvalue weighted by Crippen LogP contribution is 2.47. The SMILES string of the molecule is CCOC(=O)C1c2ccc(Cl)cc2-c2cc(Cl)ccc21. The monoisotopic (exact) mass is 306 g/mol. The van der Waals surface area contributed by atoms with Gasteiger partial charge in [-0.2, -0.15) is 0 Å². The van der Waals surface area contributed by atoms with Gasteiger partial charge < -0.3 is 4.74 Å².